The number of allylic oxidation sites excluding steroid dienone is 4. The summed E-state index contributed by atoms with van der Waals surface area (Å²) in [7, 11) is 1.87. The number of aromatic nitrogens is 12. The Morgan fingerprint density at radius 1 is 0.395 bits per heavy atom. The van der Waals surface area contributed by atoms with E-state index in [9.17, 15) is 39.6 Å². The summed E-state index contributed by atoms with van der Waals surface area (Å²) in [5, 5.41) is 82.1. The fourth-order valence-electron chi connectivity index (χ4n) is 30.9. The number of aryl methyl sites for hydroxylation is 4. The lowest BCUT2D eigenvalue weighted by atomic mass is 9.48. The number of rotatable bonds is 9. The number of ketones is 4. The molecule has 4 aromatic heterocycles. The second-order valence-electron chi connectivity index (χ2n) is 41.3. The second kappa shape index (κ2) is 29.8. The average Bonchev–Trinajstić information content (AvgIpc) is 1.53. The molecule has 12 fully saturated rings. The van der Waals surface area contributed by atoms with E-state index in [0.29, 0.717) is 161 Å². The normalized spacial score (nSPS) is 44.5. The van der Waals surface area contributed by atoms with E-state index in [1.807, 2.05) is 65.5 Å². The third-order valence-electron chi connectivity index (χ3n) is 36.3. The highest BCUT2D eigenvalue weighted by Gasteiger charge is 2.70. The van der Waals surface area contributed by atoms with Crippen molar-refractivity contribution in [3.63, 3.8) is 0 Å². The predicted molar refractivity (Wildman–Crippen MR) is 433 cm³/mol. The minimum Gasteiger partial charge on any atom is -0.383 e. The SMILES string of the molecule is C#CCCn1cc([C@]2(O)CCC3C4C(CC[C@@]32C)C2CCC(=O)C=C2C[C@H]4C)nn1.CCCn1cc([C@]2(O)CCC3C4C(CC[C@@]32C)C2CCC(=O)C=C2C[C@H]4C)nn1.CCn1cc([C@]2(O)CCC3C4C(CC[C@@]32C)C2CCC(=O)C=C2C[C@H]4C)nn1.C[C@@H]1CC2=CC(=O)CCC2C2CC[C@@]3(C)C(CC[C@@]3(O)c3cn(C)nn3)C21. The van der Waals surface area contributed by atoms with Gasteiger partial charge in [-0.1, -0.05) is 105 Å². The molecule has 4 N–H and O–H groups in total. The minimum absolute atomic E-state index is 0.135. The molecule has 616 valence electrons. The molecule has 12 saturated carbocycles. The maximum atomic E-state index is 12.0. The minimum atomic E-state index is -0.921. The van der Waals surface area contributed by atoms with Crippen LogP contribution in [0.2, 0.25) is 0 Å². The first-order valence-electron chi connectivity index (χ1n) is 45.3. The van der Waals surface area contributed by atoms with E-state index in [4.69, 9.17) is 6.42 Å². The van der Waals surface area contributed by atoms with Crippen molar-refractivity contribution in [2.75, 3.05) is 0 Å². The Kier molecular flexibility index (Phi) is 20.9. The number of hydrogen-bond acceptors (Lipinski definition) is 16. The molecule has 20 heteroatoms. The molecule has 4 aromatic rings. The quantitative estimate of drug-likeness (QED) is 0.113. The first kappa shape index (κ1) is 80.0. The Morgan fingerprint density at radius 3 is 0.947 bits per heavy atom. The Labute approximate surface area is 676 Å². The summed E-state index contributed by atoms with van der Waals surface area (Å²) in [6.07, 6.45) is 50.0. The fraction of sp³-hybridized carbons (Fsp3) is 0.766. The van der Waals surface area contributed by atoms with E-state index in [2.05, 4.69) is 116 Å². The average molecular weight is 1560 g/mol. The van der Waals surface area contributed by atoms with Crippen molar-refractivity contribution in [1.29, 1.82) is 0 Å². The molecule has 28 atom stereocenters. The zero-order chi connectivity index (χ0) is 80.1. The summed E-state index contributed by atoms with van der Waals surface area (Å²) in [6.45, 7) is 25.2. The molecular formula is C94H132N12O8. The molecule has 0 spiro atoms. The molecule has 20 rings (SSSR count). The van der Waals surface area contributed by atoms with Crippen LogP contribution >= 0.6 is 0 Å². The van der Waals surface area contributed by atoms with Gasteiger partial charge in [-0.2, -0.15) is 0 Å². The largest absolute Gasteiger partial charge is 0.383 e. The van der Waals surface area contributed by atoms with Crippen LogP contribution in [0.25, 0.3) is 0 Å². The Hall–Kier alpha value is -6.40. The smallest absolute Gasteiger partial charge is 0.155 e. The van der Waals surface area contributed by atoms with Crippen LogP contribution in [0.4, 0.5) is 0 Å². The van der Waals surface area contributed by atoms with Gasteiger partial charge in [0.2, 0.25) is 0 Å². The number of carbonyl (C=O) groups is 4. The molecule has 0 radical (unpaired) electrons. The third kappa shape index (κ3) is 12.6. The van der Waals surface area contributed by atoms with Crippen LogP contribution in [-0.4, -0.2) is 104 Å². The molecule has 16 unspecified atom stereocenters. The molecule has 0 aromatic carbocycles. The third-order valence-corrected chi connectivity index (χ3v) is 36.3. The number of hydrogen-bond donors (Lipinski definition) is 4. The highest BCUT2D eigenvalue weighted by Crippen LogP contribution is 2.73. The van der Waals surface area contributed by atoms with E-state index in [0.717, 1.165) is 216 Å². The van der Waals surface area contributed by atoms with Crippen molar-refractivity contribution in [3.05, 3.63) is 94.2 Å². The molecular weight excluding hydrogens is 1430 g/mol. The summed E-state index contributed by atoms with van der Waals surface area (Å²) in [4.78, 5) is 47.9. The molecule has 0 aliphatic heterocycles. The number of carbonyl (C=O) groups excluding carboxylic acids is 4. The van der Waals surface area contributed by atoms with Gasteiger partial charge >= 0.3 is 0 Å². The van der Waals surface area contributed by atoms with Crippen molar-refractivity contribution >= 4 is 23.1 Å². The van der Waals surface area contributed by atoms with Crippen molar-refractivity contribution in [3.8, 4) is 12.3 Å². The summed E-state index contributed by atoms with van der Waals surface area (Å²) >= 11 is 0. The van der Waals surface area contributed by atoms with Crippen LogP contribution < -0.4 is 0 Å². The Morgan fingerprint density at radius 2 is 0.675 bits per heavy atom. The van der Waals surface area contributed by atoms with Crippen LogP contribution in [0.5, 0.6) is 0 Å². The molecule has 16 aliphatic carbocycles. The zero-order valence-corrected chi connectivity index (χ0v) is 70.4. The highest BCUT2D eigenvalue weighted by atomic mass is 16.3. The molecule has 4 heterocycles. The Bertz CT molecular complexity index is 4530. The number of fused-ring (bicyclic) bond motifs is 20. The first-order chi connectivity index (χ1) is 54.4. The van der Waals surface area contributed by atoms with Crippen molar-refractivity contribution in [1.82, 2.24) is 60.0 Å². The molecule has 20 nitrogen and oxygen atoms in total. The lowest BCUT2D eigenvalue weighted by Crippen LogP contribution is -2.53. The highest BCUT2D eigenvalue weighted by molar-refractivity contribution is 5.93. The second-order valence-corrected chi connectivity index (χ2v) is 41.3. The maximum absolute atomic E-state index is 12.0. The van der Waals surface area contributed by atoms with Crippen molar-refractivity contribution < 1.29 is 39.6 Å². The van der Waals surface area contributed by atoms with Gasteiger partial charge in [-0.05, 0) is 310 Å². The van der Waals surface area contributed by atoms with Crippen LogP contribution in [0, 0.1) is 152 Å². The van der Waals surface area contributed by atoms with Crippen molar-refractivity contribution in [2.45, 2.75) is 304 Å². The van der Waals surface area contributed by atoms with Gasteiger partial charge in [-0.3, -0.25) is 37.9 Å². The monoisotopic (exact) mass is 1560 g/mol. The van der Waals surface area contributed by atoms with Gasteiger partial charge in [-0.25, -0.2) is 0 Å². The number of nitrogens with zero attached hydrogens (tertiary/aromatic N) is 12. The summed E-state index contributed by atoms with van der Waals surface area (Å²) in [5.74, 6) is 15.9. The summed E-state index contributed by atoms with van der Waals surface area (Å²) in [5.41, 5.74) is 4.59. The fourth-order valence-corrected chi connectivity index (χ4v) is 30.9. The standard InChI is InChI=1S/C25H33N3O2.C24H35N3O2.C23H33N3O2.C22H31N3O2/c1-4-5-12-28-15-22(26-27-28)25(30)11-9-21-23-16(2)13-17-14-18(29)6-7-19(17)20(23)8-10-24(21,25)3;1-4-11-27-14-21(25-26-27)24(29)10-8-20-22-15(2)12-16-13-17(28)5-6-18(16)19(22)7-9-23(20,24)3;1-4-26-13-20(24-25-26)23(28)10-8-19-21-14(2)11-15-12-16(27)5-6-17(15)18(21)7-9-22(19,23)3;1-13-10-14-11-15(26)4-5-16(14)17-6-8-21(2)18(20(13)17)7-9-22(21,27)19-12-25(3)24-23-19/h1,14-16,19-21,23,30H,5-13H2,2-3H3;13-15,18-20,22,29H,4-12H2,1-3H3;12-14,17-19,21,28H,4-11H2,1-3H3;11-13,16-18,20,27H,4-10H2,1-3H3/t16-,19?,20?,21?,23?,24+,25-;15-,18?,19?,20?,22?,23+,24-;14-,17?,18?,19?,21?,22+,23-;13-,16?,17?,18?,20?,21+,22-/m1111/s1. The van der Waals surface area contributed by atoms with Gasteiger partial charge < -0.3 is 20.4 Å². The van der Waals surface area contributed by atoms with E-state index in [1.54, 1.807) is 9.36 Å². The van der Waals surface area contributed by atoms with E-state index in [1.165, 1.54) is 22.3 Å². The predicted octanol–water partition coefficient (Wildman–Crippen LogP) is 15.4. The van der Waals surface area contributed by atoms with Gasteiger partial charge in [-0.15, -0.1) is 32.7 Å². The van der Waals surface area contributed by atoms with E-state index < -0.39 is 22.4 Å². The van der Waals surface area contributed by atoms with E-state index >= 15 is 0 Å². The first-order valence-corrected chi connectivity index (χ1v) is 45.3. The zero-order valence-electron chi connectivity index (χ0n) is 70.4. The number of aliphatic hydroxyl groups is 4. The van der Waals surface area contributed by atoms with Gasteiger partial charge in [0, 0.05) is 73.9 Å². The van der Waals surface area contributed by atoms with Crippen LogP contribution in [0.15, 0.2) is 71.4 Å². The molecule has 0 amide bonds. The van der Waals surface area contributed by atoms with E-state index in [-0.39, 0.29) is 21.7 Å². The lowest BCUT2D eigenvalue weighted by Gasteiger charge is -2.57. The summed E-state index contributed by atoms with van der Waals surface area (Å²) in [6, 6.07) is 0. The van der Waals surface area contributed by atoms with Gasteiger partial charge in [0.1, 0.15) is 45.2 Å². The Balaban J connectivity index is 0.000000110. The molecule has 0 saturated heterocycles. The van der Waals surface area contributed by atoms with Crippen LogP contribution in [-0.2, 0) is 68.3 Å². The van der Waals surface area contributed by atoms with Gasteiger partial charge in [0.25, 0.3) is 0 Å². The maximum Gasteiger partial charge on any atom is 0.155 e. The topological polar surface area (TPSA) is 272 Å². The molecule has 16 aliphatic rings. The van der Waals surface area contributed by atoms with Crippen molar-refractivity contribution in [2.24, 2.45) is 147 Å². The lowest BCUT2D eigenvalue weighted by molar-refractivity contribution is -0.134. The number of terminal acetylenes is 1. The van der Waals surface area contributed by atoms with Gasteiger partial charge in [0.05, 0.1) is 31.3 Å². The summed E-state index contributed by atoms with van der Waals surface area (Å²) < 4.78 is 7.19. The van der Waals surface area contributed by atoms with Crippen LogP contribution in [0.3, 0.4) is 0 Å². The molecule has 0 bridgehead atoms. The van der Waals surface area contributed by atoms with Crippen LogP contribution in [0.1, 0.15) is 285 Å². The van der Waals surface area contributed by atoms with Gasteiger partial charge in [0.15, 0.2) is 23.1 Å². The molecule has 114 heavy (non-hydrogen) atoms.